The van der Waals surface area contributed by atoms with Crippen molar-refractivity contribution in [3.8, 4) is 0 Å². The van der Waals surface area contributed by atoms with Crippen LogP contribution in [-0.4, -0.2) is 0 Å². The molecule has 0 aromatic heterocycles. The number of hydrogen-bond acceptors (Lipinski definition) is 3. The maximum atomic E-state index is 6.09. The van der Waals surface area contributed by atoms with E-state index in [1.807, 2.05) is 36.4 Å². The van der Waals surface area contributed by atoms with Gasteiger partial charge in [0.25, 0.3) is 0 Å². The van der Waals surface area contributed by atoms with Gasteiger partial charge in [0.15, 0.2) is 0 Å². The lowest BCUT2D eigenvalue weighted by molar-refractivity contribution is 1.41. The SMILES string of the molecule is Nc1ccc(Sc2ccc(N)cc2Cl)cc1. The van der Waals surface area contributed by atoms with Gasteiger partial charge < -0.3 is 11.5 Å². The molecule has 0 heterocycles. The zero-order chi connectivity index (χ0) is 11.5. The second kappa shape index (κ2) is 4.68. The molecule has 16 heavy (non-hydrogen) atoms. The third-order valence-corrected chi connectivity index (χ3v) is 3.57. The molecule has 0 atom stereocenters. The highest BCUT2D eigenvalue weighted by atomic mass is 35.5. The molecular weight excluding hydrogens is 240 g/mol. The summed E-state index contributed by atoms with van der Waals surface area (Å²) in [4.78, 5) is 2.08. The Bertz CT molecular complexity index is 497. The Morgan fingerprint density at radius 3 is 2.12 bits per heavy atom. The van der Waals surface area contributed by atoms with E-state index in [1.54, 1.807) is 17.8 Å². The minimum atomic E-state index is 0.668. The van der Waals surface area contributed by atoms with E-state index in [0.717, 1.165) is 15.5 Å². The molecule has 0 saturated carbocycles. The highest BCUT2D eigenvalue weighted by Crippen LogP contribution is 2.34. The van der Waals surface area contributed by atoms with Crippen LogP contribution in [0.1, 0.15) is 0 Å². The van der Waals surface area contributed by atoms with E-state index < -0.39 is 0 Å². The summed E-state index contributed by atoms with van der Waals surface area (Å²) in [7, 11) is 0. The Labute approximate surface area is 104 Å². The first-order chi connectivity index (χ1) is 7.65. The molecule has 2 rings (SSSR count). The molecule has 0 aliphatic rings. The Balaban J connectivity index is 2.23. The molecule has 0 amide bonds. The van der Waals surface area contributed by atoms with Crippen LogP contribution in [0, 0.1) is 0 Å². The summed E-state index contributed by atoms with van der Waals surface area (Å²) < 4.78 is 0. The molecular formula is C12H11ClN2S. The number of anilines is 2. The maximum Gasteiger partial charge on any atom is 0.0565 e. The van der Waals surface area contributed by atoms with Gasteiger partial charge in [0.2, 0.25) is 0 Å². The summed E-state index contributed by atoms with van der Waals surface area (Å²) in [6.07, 6.45) is 0. The van der Waals surface area contributed by atoms with Gasteiger partial charge in [-0.2, -0.15) is 0 Å². The third kappa shape index (κ3) is 2.62. The Morgan fingerprint density at radius 2 is 1.50 bits per heavy atom. The summed E-state index contributed by atoms with van der Waals surface area (Å²) in [5, 5.41) is 0.668. The first-order valence-electron chi connectivity index (χ1n) is 4.73. The highest BCUT2D eigenvalue weighted by Gasteiger charge is 2.02. The van der Waals surface area contributed by atoms with Crippen molar-refractivity contribution in [2.75, 3.05) is 11.5 Å². The molecule has 4 heteroatoms. The van der Waals surface area contributed by atoms with E-state index in [4.69, 9.17) is 23.1 Å². The first-order valence-corrected chi connectivity index (χ1v) is 5.93. The smallest absolute Gasteiger partial charge is 0.0565 e. The van der Waals surface area contributed by atoms with Gasteiger partial charge in [0.05, 0.1) is 5.02 Å². The van der Waals surface area contributed by atoms with Crippen LogP contribution < -0.4 is 11.5 Å². The fourth-order valence-electron chi connectivity index (χ4n) is 1.26. The molecule has 2 aromatic carbocycles. The lowest BCUT2D eigenvalue weighted by atomic mass is 10.3. The molecule has 0 aliphatic carbocycles. The van der Waals surface area contributed by atoms with Gasteiger partial charge in [0, 0.05) is 21.2 Å². The molecule has 82 valence electrons. The van der Waals surface area contributed by atoms with E-state index in [-0.39, 0.29) is 0 Å². The molecule has 0 saturated heterocycles. The van der Waals surface area contributed by atoms with Crippen LogP contribution in [0.2, 0.25) is 5.02 Å². The van der Waals surface area contributed by atoms with Gasteiger partial charge in [-0.25, -0.2) is 0 Å². The fourth-order valence-corrected chi connectivity index (χ4v) is 2.39. The van der Waals surface area contributed by atoms with Crippen molar-refractivity contribution in [1.82, 2.24) is 0 Å². The molecule has 0 aliphatic heterocycles. The second-order valence-corrected chi connectivity index (χ2v) is 4.88. The predicted octanol–water partition coefficient (Wildman–Crippen LogP) is 3.66. The molecule has 2 nitrogen and oxygen atoms in total. The summed E-state index contributed by atoms with van der Waals surface area (Å²) >= 11 is 7.67. The number of benzene rings is 2. The van der Waals surface area contributed by atoms with Crippen LogP contribution in [0.25, 0.3) is 0 Å². The zero-order valence-corrected chi connectivity index (χ0v) is 10.1. The van der Waals surface area contributed by atoms with E-state index in [2.05, 4.69) is 0 Å². The number of halogens is 1. The van der Waals surface area contributed by atoms with Crippen LogP contribution in [0.5, 0.6) is 0 Å². The van der Waals surface area contributed by atoms with Crippen molar-refractivity contribution in [3.05, 3.63) is 47.5 Å². The van der Waals surface area contributed by atoms with E-state index in [1.165, 1.54) is 0 Å². The van der Waals surface area contributed by atoms with Gasteiger partial charge in [-0.05, 0) is 42.5 Å². The van der Waals surface area contributed by atoms with Crippen molar-refractivity contribution >= 4 is 34.7 Å². The van der Waals surface area contributed by atoms with E-state index in [0.29, 0.717) is 10.7 Å². The number of nitrogen functional groups attached to an aromatic ring is 2. The van der Waals surface area contributed by atoms with Crippen molar-refractivity contribution < 1.29 is 0 Å². The van der Waals surface area contributed by atoms with E-state index in [9.17, 15) is 0 Å². The summed E-state index contributed by atoms with van der Waals surface area (Å²) in [6.45, 7) is 0. The summed E-state index contributed by atoms with van der Waals surface area (Å²) in [6, 6.07) is 13.2. The molecule has 4 N–H and O–H groups in total. The lowest BCUT2D eigenvalue weighted by Gasteiger charge is -2.05. The lowest BCUT2D eigenvalue weighted by Crippen LogP contribution is -1.85. The highest BCUT2D eigenvalue weighted by molar-refractivity contribution is 7.99. The molecule has 2 aromatic rings. The number of nitrogens with two attached hydrogens (primary N) is 2. The minimum Gasteiger partial charge on any atom is -0.399 e. The van der Waals surface area contributed by atoms with Gasteiger partial charge >= 0.3 is 0 Å². The summed E-state index contributed by atoms with van der Waals surface area (Å²) in [5.41, 5.74) is 12.7. The number of hydrogen-bond donors (Lipinski definition) is 2. The van der Waals surface area contributed by atoms with Gasteiger partial charge in [-0.15, -0.1) is 0 Å². The molecule has 0 fully saturated rings. The monoisotopic (exact) mass is 250 g/mol. The average molecular weight is 251 g/mol. The molecule has 0 radical (unpaired) electrons. The van der Waals surface area contributed by atoms with Crippen LogP contribution in [-0.2, 0) is 0 Å². The van der Waals surface area contributed by atoms with Gasteiger partial charge in [0.1, 0.15) is 0 Å². The second-order valence-electron chi connectivity index (χ2n) is 3.36. The minimum absolute atomic E-state index is 0.668. The maximum absolute atomic E-state index is 6.09. The Kier molecular flexibility index (Phi) is 3.27. The molecule has 0 bridgehead atoms. The number of rotatable bonds is 2. The fraction of sp³-hybridized carbons (Fsp3) is 0. The van der Waals surface area contributed by atoms with Crippen molar-refractivity contribution in [2.24, 2.45) is 0 Å². The Hall–Kier alpha value is -1.32. The van der Waals surface area contributed by atoms with Gasteiger partial charge in [-0.1, -0.05) is 23.4 Å². The van der Waals surface area contributed by atoms with Crippen LogP contribution >= 0.6 is 23.4 Å². The van der Waals surface area contributed by atoms with Crippen molar-refractivity contribution in [1.29, 1.82) is 0 Å². The summed E-state index contributed by atoms with van der Waals surface area (Å²) in [5.74, 6) is 0. The van der Waals surface area contributed by atoms with Crippen LogP contribution in [0.15, 0.2) is 52.3 Å². The van der Waals surface area contributed by atoms with Crippen molar-refractivity contribution in [2.45, 2.75) is 9.79 Å². The molecule has 0 spiro atoms. The zero-order valence-electron chi connectivity index (χ0n) is 8.48. The first kappa shape index (κ1) is 11.2. The third-order valence-electron chi connectivity index (χ3n) is 2.06. The standard InChI is InChI=1S/C12H11ClN2S/c13-11-7-9(15)3-6-12(11)16-10-4-1-8(14)2-5-10/h1-7H,14-15H2. The average Bonchev–Trinajstić information content (AvgIpc) is 2.25. The normalized spacial score (nSPS) is 10.3. The largest absolute Gasteiger partial charge is 0.399 e. The van der Waals surface area contributed by atoms with Crippen LogP contribution in [0.4, 0.5) is 11.4 Å². The van der Waals surface area contributed by atoms with Crippen LogP contribution in [0.3, 0.4) is 0 Å². The quantitative estimate of drug-likeness (QED) is 0.800. The Morgan fingerprint density at radius 1 is 0.875 bits per heavy atom. The van der Waals surface area contributed by atoms with E-state index >= 15 is 0 Å². The van der Waals surface area contributed by atoms with Gasteiger partial charge in [-0.3, -0.25) is 0 Å². The topological polar surface area (TPSA) is 52.0 Å². The predicted molar refractivity (Wildman–Crippen MR) is 70.8 cm³/mol. The van der Waals surface area contributed by atoms with Crippen molar-refractivity contribution in [3.63, 3.8) is 0 Å². The molecule has 0 unspecified atom stereocenters.